The fraction of sp³-hybridized carbons (Fsp3) is 1.00. The van der Waals surface area contributed by atoms with E-state index in [-0.39, 0.29) is 25.7 Å². The van der Waals surface area contributed by atoms with E-state index < -0.39 is 33.4 Å². The molecular weight excluding hydrogens is 324 g/mol. The van der Waals surface area contributed by atoms with Crippen LogP contribution in [-0.2, 0) is 13.3 Å². The van der Waals surface area contributed by atoms with Gasteiger partial charge in [-0.05, 0) is 26.8 Å². The van der Waals surface area contributed by atoms with Gasteiger partial charge < -0.3 is 13.3 Å². The Bertz CT molecular complexity index is 329. The molecule has 0 spiro atoms. The summed E-state index contributed by atoms with van der Waals surface area (Å²) in [5.74, 6) is 0. The van der Waals surface area contributed by atoms with Crippen molar-refractivity contribution in [3.05, 3.63) is 0 Å². The summed E-state index contributed by atoms with van der Waals surface area (Å²) in [4.78, 5) is 0. The molecule has 1 heterocycles. The largest absolute Gasteiger partial charge is 0.502 e. The van der Waals surface area contributed by atoms with Crippen LogP contribution in [0.4, 0.5) is 26.3 Å². The van der Waals surface area contributed by atoms with Gasteiger partial charge in [0.15, 0.2) is 0 Å². The van der Waals surface area contributed by atoms with Gasteiger partial charge in [0.1, 0.15) is 0 Å². The van der Waals surface area contributed by atoms with Crippen molar-refractivity contribution in [1.82, 2.24) is 5.32 Å². The Labute approximate surface area is 119 Å². The Morgan fingerprint density at radius 3 is 1.90 bits per heavy atom. The number of alkyl halides is 6. The highest BCUT2D eigenvalue weighted by Gasteiger charge is 2.76. The Morgan fingerprint density at radius 1 is 1.05 bits per heavy atom. The van der Waals surface area contributed by atoms with Crippen LogP contribution in [0.25, 0.3) is 0 Å². The van der Waals surface area contributed by atoms with Crippen LogP contribution in [0.15, 0.2) is 0 Å². The molecule has 1 fully saturated rings. The van der Waals surface area contributed by atoms with Gasteiger partial charge in [0.25, 0.3) is 0 Å². The molecule has 0 aliphatic carbocycles. The molecule has 0 aromatic rings. The van der Waals surface area contributed by atoms with E-state index in [4.69, 9.17) is 8.85 Å². The smallest absolute Gasteiger partial charge is 0.374 e. The van der Waals surface area contributed by atoms with Crippen molar-refractivity contribution in [3.63, 3.8) is 0 Å². The molecular formula is C10H17F6NO3Si. The molecule has 126 valence electrons. The SMILES string of the molecule is CCO[Si]1(OCC)CCCNC(C(F)(F)F)(C(F)(F)F)O1. The standard InChI is InChI=1S/C10H17F6NO3Si/c1-3-18-21(19-4-2)7-5-6-17-8(20-21,9(11,12)13)10(14,15)16/h17H,3-7H2,1-2H3. The summed E-state index contributed by atoms with van der Waals surface area (Å²) in [6.07, 6.45) is -11.4. The van der Waals surface area contributed by atoms with Gasteiger partial charge in [0.2, 0.25) is 0 Å². The molecule has 0 radical (unpaired) electrons. The maximum absolute atomic E-state index is 13.1. The van der Waals surface area contributed by atoms with Crippen molar-refractivity contribution < 1.29 is 39.6 Å². The van der Waals surface area contributed by atoms with E-state index in [1.807, 2.05) is 0 Å². The third-order valence-corrected chi connectivity index (χ3v) is 5.91. The average molecular weight is 341 g/mol. The average Bonchev–Trinajstić information content (AvgIpc) is 2.49. The number of nitrogens with one attached hydrogen (secondary N) is 1. The summed E-state index contributed by atoms with van der Waals surface area (Å²) in [6.45, 7) is 2.21. The lowest BCUT2D eigenvalue weighted by Gasteiger charge is -2.41. The molecule has 1 aliphatic heterocycles. The molecule has 4 nitrogen and oxygen atoms in total. The quantitative estimate of drug-likeness (QED) is 0.631. The van der Waals surface area contributed by atoms with Gasteiger partial charge >= 0.3 is 26.9 Å². The molecule has 1 aliphatic rings. The maximum atomic E-state index is 13.1. The first-order valence-electron chi connectivity index (χ1n) is 6.40. The van der Waals surface area contributed by atoms with Crippen LogP contribution in [0.1, 0.15) is 20.3 Å². The van der Waals surface area contributed by atoms with Crippen molar-refractivity contribution in [3.8, 4) is 0 Å². The highest BCUT2D eigenvalue weighted by Crippen LogP contribution is 2.47. The van der Waals surface area contributed by atoms with Crippen LogP contribution in [0.2, 0.25) is 6.04 Å². The van der Waals surface area contributed by atoms with Crippen molar-refractivity contribution in [2.24, 2.45) is 0 Å². The number of hydrogen-bond donors (Lipinski definition) is 1. The van der Waals surface area contributed by atoms with E-state index in [9.17, 15) is 26.3 Å². The zero-order valence-electron chi connectivity index (χ0n) is 11.5. The Balaban J connectivity index is 3.30. The molecule has 0 aromatic carbocycles. The summed E-state index contributed by atoms with van der Waals surface area (Å²) in [6, 6.07) is -0.115. The summed E-state index contributed by atoms with van der Waals surface area (Å²) in [7, 11) is -4.09. The van der Waals surface area contributed by atoms with E-state index in [0.717, 1.165) is 0 Å². The first kappa shape index (κ1) is 18.7. The van der Waals surface area contributed by atoms with E-state index in [2.05, 4.69) is 4.43 Å². The van der Waals surface area contributed by atoms with Crippen molar-refractivity contribution >= 4 is 8.80 Å². The first-order chi connectivity index (χ1) is 9.54. The van der Waals surface area contributed by atoms with Gasteiger partial charge in [-0.1, -0.05) is 0 Å². The van der Waals surface area contributed by atoms with Gasteiger partial charge in [-0.2, -0.15) is 26.3 Å². The second-order valence-corrected chi connectivity index (χ2v) is 7.01. The van der Waals surface area contributed by atoms with Gasteiger partial charge in [-0.3, -0.25) is 5.32 Å². The molecule has 0 aromatic heterocycles. The zero-order chi connectivity index (χ0) is 16.4. The van der Waals surface area contributed by atoms with Crippen LogP contribution in [0.5, 0.6) is 0 Å². The topological polar surface area (TPSA) is 39.7 Å². The molecule has 1 N–H and O–H groups in total. The summed E-state index contributed by atoms with van der Waals surface area (Å²) in [5.41, 5.74) is -4.47. The van der Waals surface area contributed by atoms with E-state index in [1.165, 1.54) is 19.2 Å². The van der Waals surface area contributed by atoms with Crippen molar-refractivity contribution in [2.45, 2.75) is 44.4 Å². The zero-order valence-corrected chi connectivity index (χ0v) is 12.5. The van der Waals surface area contributed by atoms with E-state index in [0.29, 0.717) is 0 Å². The van der Waals surface area contributed by atoms with Gasteiger partial charge in [0, 0.05) is 19.3 Å². The molecule has 0 saturated carbocycles. The second-order valence-electron chi connectivity index (χ2n) is 4.36. The minimum absolute atomic E-state index is 0.0279. The first-order valence-corrected chi connectivity index (χ1v) is 8.33. The molecule has 0 bridgehead atoms. The predicted octanol–water partition coefficient (Wildman–Crippen LogP) is 2.83. The fourth-order valence-electron chi connectivity index (χ4n) is 2.05. The summed E-state index contributed by atoms with van der Waals surface area (Å²) in [5, 5.41) is 1.45. The second kappa shape index (κ2) is 6.40. The molecule has 21 heavy (non-hydrogen) atoms. The van der Waals surface area contributed by atoms with Crippen molar-refractivity contribution in [2.75, 3.05) is 19.8 Å². The minimum Gasteiger partial charge on any atom is -0.374 e. The molecule has 0 unspecified atom stereocenters. The van der Waals surface area contributed by atoms with Gasteiger partial charge in [-0.25, -0.2) is 0 Å². The van der Waals surface area contributed by atoms with E-state index >= 15 is 0 Å². The summed E-state index contributed by atoms with van der Waals surface area (Å²) >= 11 is 0. The Kier molecular flexibility index (Phi) is 5.70. The fourth-order valence-corrected chi connectivity index (χ4v) is 4.90. The number of hydrogen-bond acceptors (Lipinski definition) is 4. The van der Waals surface area contributed by atoms with Gasteiger partial charge in [0.05, 0.1) is 0 Å². The minimum atomic E-state index is -5.69. The number of halogens is 6. The Morgan fingerprint density at radius 2 is 1.52 bits per heavy atom. The van der Waals surface area contributed by atoms with Crippen LogP contribution >= 0.6 is 0 Å². The third kappa shape index (κ3) is 3.70. The number of rotatable bonds is 4. The van der Waals surface area contributed by atoms with Crippen LogP contribution < -0.4 is 5.32 Å². The lowest BCUT2D eigenvalue weighted by Crippen LogP contribution is -2.71. The van der Waals surface area contributed by atoms with Gasteiger partial charge in [-0.15, -0.1) is 0 Å². The molecule has 11 heteroatoms. The molecule has 0 amide bonds. The van der Waals surface area contributed by atoms with E-state index in [1.54, 1.807) is 0 Å². The lowest BCUT2D eigenvalue weighted by molar-refractivity contribution is -0.376. The Hall–Kier alpha value is -0.363. The van der Waals surface area contributed by atoms with Crippen LogP contribution in [-0.4, -0.2) is 46.6 Å². The normalized spacial score (nSPS) is 22.9. The molecule has 0 atom stereocenters. The molecule has 1 saturated heterocycles. The molecule has 1 rings (SSSR count). The van der Waals surface area contributed by atoms with Crippen LogP contribution in [0.3, 0.4) is 0 Å². The van der Waals surface area contributed by atoms with Crippen LogP contribution in [0, 0.1) is 0 Å². The monoisotopic (exact) mass is 341 g/mol. The van der Waals surface area contributed by atoms with Crippen molar-refractivity contribution in [1.29, 1.82) is 0 Å². The highest BCUT2D eigenvalue weighted by molar-refractivity contribution is 6.60. The third-order valence-electron chi connectivity index (χ3n) is 2.87. The summed E-state index contributed by atoms with van der Waals surface area (Å²) < 4.78 is 93.3. The lowest BCUT2D eigenvalue weighted by atomic mass is 10.2. The predicted molar refractivity (Wildman–Crippen MR) is 62.4 cm³/mol. The highest BCUT2D eigenvalue weighted by atomic mass is 28.4. The maximum Gasteiger partial charge on any atom is 0.502 e.